The van der Waals surface area contributed by atoms with Crippen molar-refractivity contribution in [2.45, 2.75) is 61.4 Å². The van der Waals surface area contributed by atoms with E-state index in [2.05, 4.69) is 0 Å². The minimum atomic E-state index is -2.88. The van der Waals surface area contributed by atoms with Crippen molar-refractivity contribution in [3.05, 3.63) is 99.1 Å². The summed E-state index contributed by atoms with van der Waals surface area (Å²) in [6, 6.07) is 3.16. The van der Waals surface area contributed by atoms with Crippen LogP contribution in [0.2, 0.25) is 0 Å². The molecule has 112 heavy (non-hydrogen) atoms. The molecule has 0 unspecified atom stereocenters. The number of carbonyl (C=O) groups is 8. The van der Waals surface area contributed by atoms with Gasteiger partial charge in [-0.3, -0.25) is 0 Å². The van der Waals surface area contributed by atoms with Gasteiger partial charge in [0, 0.05) is 39.4 Å². The third kappa shape index (κ3) is 12.0. The lowest BCUT2D eigenvalue weighted by Crippen LogP contribution is -2.63. The molecule has 0 aromatic heterocycles. The van der Waals surface area contributed by atoms with Gasteiger partial charge in [-0.15, -0.1) is 0 Å². The minimum absolute atomic E-state index is 0.239. The molecule has 25 N–H and O–H groups in total. The van der Waals surface area contributed by atoms with Crippen molar-refractivity contribution >= 4 is 47.8 Å². The van der Waals surface area contributed by atoms with E-state index in [4.69, 9.17) is 52.1 Å². The molecular formula is C68H48O44. The number of cyclic esters (lactones) is 2. The van der Waals surface area contributed by atoms with Gasteiger partial charge in [-0.25, -0.2) is 38.4 Å². The SMILES string of the molecule is O=C(O[C@H]1O[C@@H]2COC(=O)c3cc(O)c(O)c(O)c3-c3c(cc(O)c(O)c3O)C(=O)O[C@H]2[C@@H]2OC(=O)c3cc(O)c(O)c(O)c3-c3c(cc(O)c(O)c3O)C(=O)O[C@@H]12)c1cc(O)c(O)c(Oc2c(C(=O)O[C@H]3O[C@@H]4COC(=O)c5cc(c(O)c(O)c5O)-c5c(cc(O)c(O)c5O)C(=O)O[C@H]4[C@H](O)[C@H]3O)cc(O)c(O)c2O)c1. The number of aromatic hydroxyl groups is 23. The van der Waals surface area contributed by atoms with Gasteiger partial charge in [0.25, 0.3) is 0 Å². The minimum Gasteiger partial charge on any atom is -0.504 e. The highest BCUT2D eigenvalue weighted by Crippen LogP contribution is 2.58. The Morgan fingerprint density at radius 3 is 1.14 bits per heavy atom. The molecule has 44 nitrogen and oxygen atoms in total. The van der Waals surface area contributed by atoms with Crippen molar-refractivity contribution in [2.75, 3.05) is 13.2 Å². The Hall–Kier alpha value is -15.4. The summed E-state index contributed by atoms with van der Waals surface area (Å²) in [7, 11) is 0. The number of aliphatic hydroxyl groups excluding tert-OH is 2. The average Bonchev–Trinajstić information content (AvgIpc) is 0.924. The molecule has 5 aliphatic heterocycles. The van der Waals surface area contributed by atoms with Gasteiger partial charge in [-0.1, -0.05) is 0 Å². The summed E-state index contributed by atoms with van der Waals surface area (Å²) >= 11 is 0. The van der Waals surface area contributed by atoms with Crippen molar-refractivity contribution in [1.82, 2.24) is 0 Å². The molecule has 8 aromatic rings. The van der Waals surface area contributed by atoms with Crippen molar-refractivity contribution in [2.24, 2.45) is 0 Å². The number of rotatable bonds is 6. The molecule has 2 saturated heterocycles. The van der Waals surface area contributed by atoms with Crippen LogP contribution in [0.25, 0.3) is 33.4 Å². The summed E-state index contributed by atoms with van der Waals surface area (Å²) in [5.74, 6) is -51.6. The van der Waals surface area contributed by atoms with Crippen LogP contribution in [0.4, 0.5) is 0 Å². The van der Waals surface area contributed by atoms with Gasteiger partial charge >= 0.3 is 47.8 Å². The maximum absolute atomic E-state index is 14.9. The molecule has 0 saturated carbocycles. The number of hydrogen-bond acceptors (Lipinski definition) is 44. The Morgan fingerprint density at radius 1 is 0.304 bits per heavy atom. The van der Waals surface area contributed by atoms with Gasteiger partial charge < -0.3 is 180 Å². The second-order valence-corrected chi connectivity index (χ2v) is 24.6. The van der Waals surface area contributed by atoms with E-state index in [1.54, 1.807) is 0 Å². The normalized spacial score (nSPS) is 21.3. The zero-order chi connectivity index (χ0) is 81.5. The highest BCUT2D eigenvalue weighted by Gasteiger charge is 2.57. The van der Waals surface area contributed by atoms with Crippen LogP contribution < -0.4 is 4.74 Å². The monoisotopic (exact) mass is 1570 g/mol. The summed E-state index contributed by atoms with van der Waals surface area (Å²) < 4.78 is 61.3. The fourth-order valence-corrected chi connectivity index (χ4v) is 12.4. The molecular weight excluding hydrogens is 1520 g/mol. The van der Waals surface area contributed by atoms with E-state index in [1.807, 2.05) is 0 Å². The smallest absolute Gasteiger partial charge is 0.344 e. The number of esters is 8. The van der Waals surface area contributed by atoms with Gasteiger partial charge in [-0.2, -0.15) is 0 Å². The fraction of sp³-hybridized carbons (Fsp3) is 0.176. The highest BCUT2D eigenvalue weighted by atomic mass is 16.8. The first-order chi connectivity index (χ1) is 52.7. The fourth-order valence-electron chi connectivity index (χ4n) is 12.4. The van der Waals surface area contributed by atoms with Crippen LogP contribution in [0.1, 0.15) is 82.9 Å². The topological polar surface area (TPSA) is 744 Å². The van der Waals surface area contributed by atoms with E-state index in [0.29, 0.717) is 48.5 Å². The number of aliphatic hydroxyl groups is 2. The molecule has 10 atom stereocenters. The molecule has 0 aliphatic carbocycles. The van der Waals surface area contributed by atoms with Crippen LogP contribution in [0, 0.1) is 0 Å². The van der Waals surface area contributed by atoms with Crippen LogP contribution in [-0.2, 0) is 47.4 Å². The van der Waals surface area contributed by atoms with Crippen LogP contribution in [-0.4, -0.2) is 250 Å². The van der Waals surface area contributed by atoms with Gasteiger partial charge in [-0.05, 0) is 48.5 Å². The van der Waals surface area contributed by atoms with E-state index >= 15 is 0 Å². The molecule has 2 fully saturated rings. The van der Waals surface area contributed by atoms with E-state index in [9.17, 15) is 166 Å². The third-order valence-corrected chi connectivity index (χ3v) is 17.9. The number of fused-ring (bicyclic) bond motifs is 14. The molecule has 5 aliphatic rings. The Bertz CT molecular complexity index is 5510. The quantitative estimate of drug-likeness (QED) is 0.0640. The van der Waals surface area contributed by atoms with E-state index in [1.165, 1.54) is 0 Å². The molecule has 13 rings (SSSR count). The highest BCUT2D eigenvalue weighted by molar-refractivity contribution is 6.11. The average molecular weight is 1570 g/mol. The molecule has 0 amide bonds. The summed E-state index contributed by atoms with van der Waals surface area (Å²) in [5.41, 5.74) is -16.2. The lowest BCUT2D eigenvalue weighted by Gasteiger charge is -2.44. The second kappa shape index (κ2) is 27.1. The predicted octanol–water partition coefficient (Wildman–Crippen LogP) is 1.75. The van der Waals surface area contributed by atoms with Crippen molar-refractivity contribution < 1.29 is 218 Å². The maximum atomic E-state index is 14.9. The first kappa shape index (κ1) is 74.8. The van der Waals surface area contributed by atoms with Crippen LogP contribution in [0.5, 0.6) is 144 Å². The number of ether oxygens (including phenoxy) is 11. The zero-order valence-electron chi connectivity index (χ0n) is 54.8. The van der Waals surface area contributed by atoms with Gasteiger partial charge in [0.1, 0.15) is 48.8 Å². The van der Waals surface area contributed by atoms with E-state index < -0.39 is 344 Å². The first-order valence-corrected chi connectivity index (χ1v) is 31.2. The second-order valence-electron chi connectivity index (χ2n) is 24.6. The van der Waals surface area contributed by atoms with Crippen LogP contribution in [0.15, 0.2) is 54.6 Å². The van der Waals surface area contributed by atoms with Crippen molar-refractivity contribution in [3.63, 3.8) is 0 Å². The molecule has 584 valence electrons. The first-order valence-electron chi connectivity index (χ1n) is 31.2. The maximum Gasteiger partial charge on any atom is 0.344 e. The lowest BCUT2D eigenvalue weighted by atomic mass is 9.91. The number of phenols is 23. The molecule has 0 radical (unpaired) electrons. The molecule has 8 aromatic carbocycles. The van der Waals surface area contributed by atoms with Crippen molar-refractivity contribution in [3.8, 4) is 177 Å². The Morgan fingerprint density at radius 2 is 0.661 bits per heavy atom. The van der Waals surface area contributed by atoms with E-state index in [0.717, 1.165) is 0 Å². The molecule has 2 bridgehead atoms. The summed E-state index contributed by atoms with van der Waals surface area (Å²) in [6.45, 7) is -2.74. The molecule has 5 heterocycles. The van der Waals surface area contributed by atoms with Gasteiger partial charge in [0.2, 0.25) is 70.4 Å². The zero-order valence-corrected chi connectivity index (χ0v) is 54.8. The number of phenolic OH excluding ortho intramolecular Hbond substituents is 23. The Kier molecular flexibility index (Phi) is 18.1. The summed E-state index contributed by atoms with van der Waals surface area (Å²) in [6.07, 6.45) is -26.0. The number of hydrogen-bond donors (Lipinski definition) is 25. The van der Waals surface area contributed by atoms with E-state index in [-0.39, 0.29) is 6.07 Å². The van der Waals surface area contributed by atoms with Gasteiger partial charge in [0.15, 0.2) is 110 Å². The Labute approximate surface area is 614 Å². The predicted molar refractivity (Wildman–Crippen MR) is 344 cm³/mol. The number of benzene rings is 8. The summed E-state index contributed by atoms with van der Waals surface area (Å²) in [4.78, 5) is 116. The molecule has 44 heteroatoms. The lowest BCUT2D eigenvalue weighted by molar-refractivity contribution is -0.284. The van der Waals surface area contributed by atoms with Crippen LogP contribution in [0.3, 0.4) is 0 Å². The van der Waals surface area contributed by atoms with Crippen LogP contribution >= 0.6 is 0 Å². The number of carbonyl (C=O) groups excluding carboxylic acids is 8. The molecule has 0 spiro atoms. The van der Waals surface area contributed by atoms with Crippen molar-refractivity contribution in [1.29, 1.82) is 0 Å². The van der Waals surface area contributed by atoms with Gasteiger partial charge in [0.05, 0.1) is 33.4 Å². The standard InChI is InChI=1S/C68H48O44/c69-21-1-12(2-28(38(21)78)104-54-20(9-27(75)44(84)51(54)91)66(101)112-67-53(93)52(92)55-29(105-67)10-103-61(96)19-3-13(36(76)50(90)37(19)77)31-14(62(97)107-55)4-22(70)39(79)45(31)85)59(94)111-68-58-57(109-64(99)17-7-25(73)42(82)48(88)34(17)35-18(65(100)110-58)8-26(74)43(83)49(35)89)56-30(106-68)11-102-60(95)15-5-23(71)40(80)46(86)32(15)33-16(63(98)108-56)6-24(72)41(81)47(33)87/h1-9,29-30,52-53,55-58,67-93H,10-11H2/t29-,30-,52-,53-,55-,56-,57+,58-,67-,68-/m1/s1. The largest absolute Gasteiger partial charge is 0.504 e. The Balaban J connectivity index is 0.863. The third-order valence-electron chi connectivity index (χ3n) is 17.9. The summed E-state index contributed by atoms with van der Waals surface area (Å²) in [5, 5.41) is 273.